The number of hydrogen-bond acceptors (Lipinski definition) is 6. The number of pyridine rings is 1. The Bertz CT molecular complexity index is 1440. The average Bonchev–Trinajstić information content (AvgIpc) is 2.91. The average molecular weight is 586 g/mol. The molecule has 0 fully saturated rings. The third kappa shape index (κ3) is 8.97. The van der Waals surface area contributed by atoms with Crippen molar-refractivity contribution in [3.63, 3.8) is 0 Å². The Balaban J connectivity index is 0.00000441. The Hall–Kier alpha value is -2.06. The Morgan fingerprint density at radius 3 is 2.58 bits per heavy atom. The van der Waals surface area contributed by atoms with Crippen LogP contribution in [0.2, 0.25) is 5.02 Å². The van der Waals surface area contributed by atoms with Crippen LogP contribution in [0.15, 0.2) is 78.9 Å². The third-order valence-electron chi connectivity index (χ3n) is 6.63. The van der Waals surface area contributed by atoms with E-state index in [0.717, 1.165) is 51.9 Å². The van der Waals surface area contributed by atoms with E-state index in [1.54, 1.807) is 32.5 Å². The fourth-order valence-electron chi connectivity index (χ4n) is 4.47. The van der Waals surface area contributed by atoms with Crippen molar-refractivity contribution in [2.45, 2.75) is 51.1 Å². The topological polar surface area (TPSA) is 82.5 Å². The molecule has 5 nitrogen and oxygen atoms in total. The minimum absolute atomic E-state index is 0. The molecule has 1 heterocycles. The molecule has 0 amide bonds. The number of ether oxygens (including phenoxy) is 1. The van der Waals surface area contributed by atoms with Crippen LogP contribution in [-0.2, 0) is 23.4 Å². The number of aryl methyl sites for hydroxylation is 1. The van der Waals surface area contributed by atoms with E-state index in [1.807, 2.05) is 78.9 Å². The van der Waals surface area contributed by atoms with Crippen LogP contribution in [0.3, 0.4) is 0 Å². The number of nitrogens with zero attached hydrogens (tertiary/aromatic N) is 1. The van der Waals surface area contributed by atoms with Gasteiger partial charge < -0.3 is 19.7 Å². The van der Waals surface area contributed by atoms with Crippen LogP contribution < -0.4 is 39.4 Å². The van der Waals surface area contributed by atoms with Crippen molar-refractivity contribution in [1.29, 1.82) is 0 Å². The summed E-state index contributed by atoms with van der Waals surface area (Å²) >= 11 is 7.73. The van der Waals surface area contributed by atoms with E-state index in [1.165, 1.54) is 0 Å². The molecule has 0 aliphatic rings. The first kappa shape index (κ1) is 32.5. The third-order valence-corrected chi connectivity index (χ3v) is 8.47. The summed E-state index contributed by atoms with van der Waals surface area (Å²) in [5, 5.41) is 23.7. The van der Waals surface area contributed by atoms with E-state index in [-0.39, 0.29) is 34.8 Å². The molecule has 3 aromatic carbocycles. The molecule has 1 aromatic heterocycles. The molecular formula is C32H33ClNNaO4S. The van der Waals surface area contributed by atoms with Crippen molar-refractivity contribution in [3.8, 4) is 5.75 Å². The predicted octanol–water partition coefficient (Wildman–Crippen LogP) is 3.49. The van der Waals surface area contributed by atoms with Gasteiger partial charge in [-0.2, -0.15) is 11.8 Å². The zero-order valence-corrected chi connectivity index (χ0v) is 27.0. The Kier molecular flexibility index (Phi) is 11.9. The molecule has 4 rings (SSSR count). The van der Waals surface area contributed by atoms with Gasteiger partial charge in [0.1, 0.15) is 12.4 Å². The number of aromatic nitrogens is 1. The summed E-state index contributed by atoms with van der Waals surface area (Å²) in [4.78, 5) is 16.0. The van der Waals surface area contributed by atoms with Gasteiger partial charge in [-0.25, -0.2) is 4.98 Å². The molecule has 0 unspecified atom stereocenters. The maximum absolute atomic E-state index is 11.4. The molecule has 0 aliphatic carbocycles. The summed E-state index contributed by atoms with van der Waals surface area (Å²) in [7, 11) is 0. The van der Waals surface area contributed by atoms with Crippen molar-refractivity contribution in [2.75, 3.05) is 5.75 Å². The number of carboxylic acids is 1. The molecule has 0 spiro atoms. The number of carboxylic acid groups (broad SMARTS) is 1. The van der Waals surface area contributed by atoms with Crippen LogP contribution >= 0.6 is 23.4 Å². The quantitative estimate of drug-likeness (QED) is 0.256. The van der Waals surface area contributed by atoms with Crippen molar-refractivity contribution in [3.05, 3.63) is 106 Å². The van der Waals surface area contributed by atoms with E-state index in [9.17, 15) is 15.0 Å². The van der Waals surface area contributed by atoms with Crippen LogP contribution in [0.25, 0.3) is 10.9 Å². The molecule has 2 atom stereocenters. The molecule has 4 aromatic rings. The Labute approximate surface area is 267 Å². The summed E-state index contributed by atoms with van der Waals surface area (Å²) in [5.41, 5.74) is 3.71. The Morgan fingerprint density at radius 1 is 1.07 bits per heavy atom. The van der Waals surface area contributed by atoms with Crippen molar-refractivity contribution in [1.82, 2.24) is 4.98 Å². The van der Waals surface area contributed by atoms with E-state index in [0.29, 0.717) is 17.4 Å². The van der Waals surface area contributed by atoms with Crippen LogP contribution in [-0.4, -0.2) is 21.8 Å². The van der Waals surface area contributed by atoms with Gasteiger partial charge >= 0.3 is 29.6 Å². The van der Waals surface area contributed by atoms with Gasteiger partial charge in [0.05, 0.1) is 16.8 Å². The molecule has 0 aliphatic heterocycles. The van der Waals surface area contributed by atoms with Gasteiger partial charge in [-0.1, -0.05) is 67.1 Å². The number of hydrogen-bond donors (Lipinski definition) is 1. The zero-order valence-electron chi connectivity index (χ0n) is 23.4. The number of rotatable bonds is 12. The molecule has 40 heavy (non-hydrogen) atoms. The first-order valence-corrected chi connectivity index (χ1v) is 14.4. The fraction of sp³-hybridized carbons (Fsp3) is 0.312. The summed E-state index contributed by atoms with van der Waals surface area (Å²) in [6.07, 6.45) is 1.51. The largest absolute Gasteiger partial charge is 1.00 e. The van der Waals surface area contributed by atoms with E-state index in [4.69, 9.17) is 16.3 Å². The summed E-state index contributed by atoms with van der Waals surface area (Å²) in [6, 6.07) is 25.4. The molecule has 0 saturated carbocycles. The zero-order chi connectivity index (χ0) is 28.0. The normalized spacial score (nSPS) is 12.9. The SMILES string of the molecule is C[C@H](CS[C@H](CCc1ccccc1C(C)(C)O)c1cccc(OCc2ccc3ccc(Cl)cc3n2)c1)C(=O)[O-].[Na+]. The molecule has 1 N–H and O–H groups in total. The minimum atomic E-state index is -1.05. The second-order valence-corrected chi connectivity index (χ2v) is 12.0. The molecule has 204 valence electrons. The first-order chi connectivity index (χ1) is 18.6. The number of benzene rings is 3. The number of halogens is 1. The predicted molar refractivity (Wildman–Crippen MR) is 157 cm³/mol. The molecular weight excluding hydrogens is 553 g/mol. The van der Waals surface area contributed by atoms with Crippen LogP contribution in [0.5, 0.6) is 5.75 Å². The van der Waals surface area contributed by atoms with Gasteiger partial charge in [0, 0.05) is 33.3 Å². The van der Waals surface area contributed by atoms with Gasteiger partial charge in [-0.05, 0) is 73.7 Å². The fourth-order valence-corrected chi connectivity index (χ4v) is 5.92. The molecule has 0 bridgehead atoms. The van der Waals surface area contributed by atoms with Gasteiger partial charge in [0.25, 0.3) is 0 Å². The maximum Gasteiger partial charge on any atom is 1.00 e. The van der Waals surface area contributed by atoms with E-state index >= 15 is 0 Å². The number of aliphatic carboxylic acids is 1. The maximum atomic E-state index is 11.4. The standard InChI is InChI=1S/C32H34ClNO4S.Na/c1-21(31(35)36)20-39-30(16-13-22-7-4-5-10-28(22)32(2,3)37)24-8-6-9-27(17-24)38-19-26-15-12-23-11-14-25(33)18-29(23)34-26;/h4-12,14-15,17-18,21,30,37H,13,16,19-20H2,1-3H3,(H,35,36);/q;+1/p-1/t21-,30-;/m1./s1. The molecule has 0 radical (unpaired) electrons. The number of fused-ring (bicyclic) bond motifs is 1. The van der Waals surface area contributed by atoms with Crippen molar-refractivity contribution >= 4 is 40.2 Å². The summed E-state index contributed by atoms with van der Waals surface area (Å²) in [5.74, 6) is -0.451. The molecule has 8 heteroatoms. The number of thioether (sulfide) groups is 1. The number of carbonyl (C=O) groups is 1. The monoisotopic (exact) mass is 585 g/mol. The van der Waals surface area contributed by atoms with Crippen LogP contribution in [0.1, 0.15) is 54.8 Å². The van der Waals surface area contributed by atoms with Gasteiger partial charge in [-0.15, -0.1) is 0 Å². The second kappa shape index (κ2) is 14.7. The van der Waals surface area contributed by atoms with Crippen LogP contribution in [0.4, 0.5) is 0 Å². The Morgan fingerprint density at radius 2 is 1.82 bits per heavy atom. The summed E-state index contributed by atoms with van der Waals surface area (Å²) < 4.78 is 6.11. The van der Waals surface area contributed by atoms with Gasteiger partial charge in [0.15, 0.2) is 0 Å². The van der Waals surface area contributed by atoms with Crippen molar-refractivity contribution < 1.29 is 49.3 Å². The van der Waals surface area contributed by atoms with E-state index in [2.05, 4.69) is 4.98 Å². The van der Waals surface area contributed by atoms with Crippen molar-refractivity contribution in [2.24, 2.45) is 5.92 Å². The number of aliphatic hydroxyl groups is 1. The first-order valence-electron chi connectivity index (χ1n) is 13.0. The van der Waals surface area contributed by atoms with Gasteiger partial charge in [0.2, 0.25) is 0 Å². The van der Waals surface area contributed by atoms with Crippen LogP contribution in [0, 0.1) is 5.92 Å². The van der Waals surface area contributed by atoms with Gasteiger partial charge in [-0.3, -0.25) is 0 Å². The second-order valence-electron chi connectivity index (χ2n) is 10.3. The summed E-state index contributed by atoms with van der Waals surface area (Å²) in [6.45, 7) is 5.56. The molecule has 0 saturated heterocycles. The minimum Gasteiger partial charge on any atom is -0.550 e. The number of carbonyl (C=O) groups excluding carboxylic acids is 1. The van der Waals surface area contributed by atoms with E-state index < -0.39 is 17.5 Å². The smallest absolute Gasteiger partial charge is 0.550 e.